The molecule has 2 amide bonds. The predicted molar refractivity (Wildman–Crippen MR) is 148 cm³/mol. The Morgan fingerprint density at radius 1 is 1.23 bits per heavy atom. The van der Waals surface area contributed by atoms with Crippen LogP contribution >= 0.6 is 22.6 Å². The Bertz CT molecular complexity index is 1040. The van der Waals surface area contributed by atoms with Crippen molar-refractivity contribution in [1.82, 2.24) is 10.2 Å². The van der Waals surface area contributed by atoms with Gasteiger partial charge in [-0.1, -0.05) is 0 Å². The van der Waals surface area contributed by atoms with Crippen molar-refractivity contribution in [3.8, 4) is 11.5 Å². The highest BCUT2D eigenvalue weighted by Crippen LogP contribution is 2.37. The summed E-state index contributed by atoms with van der Waals surface area (Å²) in [6.07, 6.45) is 1.67. The summed E-state index contributed by atoms with van der Waals surface area (Å²) in [5.41, 5.74) is 0.981. The molecule has 0 radical (unpaired) electrons. The van der Waals surface area contributed by atoms with Crippen LogP contribution in [0.25, 0.3) is 0 Å². The van der Waals surface area contributed by atoms with E-state index in [1.54, 1.807) is 23.1 Å². The standard InChI is InChI=1S/C27H37IN2O9/c1-36-23-10-16(14-32)9-20(28)25(23)39-22-12-18(26(34)29-5-6-31)11-21(24(22)33)30(13-19-3-2-7-38-19)27(35)17-4-8-37-15-17/h9-10,12,17,19,21-22,24,31-33H,2-8,11,13-15H2,1H3,(H,29,34)/t17?,19-,21+,22-,24-/m0/s1. The maximum atomic E-state index is 13.8. The summed E-state index contributed by atoms with van der Waals surface area (Å²) in [6.45, 7) is 1.40. The van der Waals surface area contributed by atoms with Crippen LogP contribution in [0.15, 0.2) is 23.8 Å². The van der Waals surface area contributed by atoms with Gasteiger partial charge in [-0.15, -0.1) is 0 Å². The van der Waals surface area contributed by atoms with Gasteiger partial charge >= 0.3 is 0 Å². The van der Waals surface area contributed by atoms with Crippen LogP contribution in [-0.4, -0.2) is 103 Å². The normalized spacial score (nSPS) is 26.7. The number of nitrogens with one attached hydrogen (secondary N) is 1. The summed E-state index contributed by atoms with van der Waals surface area (Å²) < 4.78 is 23.8. The van der Waals surface area contributed by atoms with Crippen molar-refractivity contribution >= 4 is 34.4 Å². The fourth-order valence-electron chi connectivity index (χ4n) is 5.25. The number of rotatable bonds is 11. The summed E-state index contributed by atoms with van der Waals surface area (Å²) >= 11 is 2.07. The lowest BCUT2D eigenvalue weighted by atomic mass is 9.87. The average molecular weight is 661 g/mol. The number of aliphatic hydroxyl groups excluding tert-OH is 3. The lowest BCUT2D eigenvalue weighted by Gasteiger charge is -2.42. The van der Waals surface area contributed by atoms with E-state index in [0.717, 1.165) is 12.8 Å². The fraction of sp³-hybridized carbons (Fsp3) is 0.630. The van der Waals surface area contributed by atoms with E-state index in [9.17, 15) is 24.9 Å². The van der Waals surface area contributed by atoms with Crippen LogP contribution in [0.3, 0.4) is 0 Å². The second kappa shape index (κ2) is 14.1. The number of aliphatic hydroxyl groups is 3. The van der Waals surface area contributed by atoms with E-state index in [4.69, 9.17) is 18.9 Å². The van der Waals surface area contributed by atoms with Gasteiger partial charge in [0.1, 0.15) is 12.2 Å². The van der Waals surface area contributed by atoms with Crippen LogP contribution in [0.4, 0.5) is 0 Å². The molecular formula is C27H37IN2O9. The molecule has 11 nitrogen and oxygen atoms in total. The molecule has 216 valence electrons. The van der Waals surface area contributed by atoms with Crippen molar-refractivity contribution in [2.24, 2.45) is 5.92 Å². The van der Waals surface area contributed by atoms with E-state index >= 15 is 0 Å². The molecule has 12 heteroatoms. The molecule has 4 rings (SSSR count). The number of methoxy groups -OCH3 is 1. The predicted octanol–water partition coefficient (Wildman–Crippen LogP) is 0.752. The molecule has 5 atom stereocenters. The van der Waals surface area contributed by atoms with E-state index in [-0.39, 0.29) is 44.1 Å². The summed E-state index contributed by atoms with van der Waals surface area (Å²) in [7, 11) is 1.48. The lowest BCUT2D eigenvalue weighted by Crippen LogP contribution is -2.57. The minimum absolute atomic E-state index is 0.0707. The van der Waals surface area contributed by atoms with Crippen LogP contribution < -0.4 is 14.8 Å². The first-order chi connectivity index (χ1) is 18.9. The number of amides is 2. The summed E-state index contributed by atoms with van der Waals surface area (Å²) in [5.74, 6) is -0.145. The summed E-state index contributed by atoms with van der Waals surface area (Å²) in [4.78, 5) is 28.5. The van der Waals surface area contributed by atoms with Gasteiger partial charge in [-0.05, 0) is 65.6 Å². The molecule has 0 aromatic heterocycles. The molecule has 2 saturated heterocycles. The van der Waals surface area contributed by atoms with Gasteiger partial charge in [0.2, 0.25) is 11.8 Å². The SMILES string of the molecule is COc1cc(CO)cc(I)c1O[C@H]1C=C(C(=O)NCCO)C[C@@H](N(C[C@@H]2CCCO2)C(=O)C2CCOC2)[C@@H]1O. The molecule has 1 unspecified atom stereocenters. The first-order valence-electron chi connectivity index (χ1n) is 13.3. The van der Waals surface area contributed by atoms with Crippen molar-refractivity contribution in [2.45, 2.75) is 56.6 Å². The molecule has 0 bridgehead atoms. The maximum absolute atomic E-state index is 13.8. The number of ether oxygens (including phenoxy) is 4. The second-order valence-corrected chi connectivity index (χ2v) is 11.1. The smallest absolute Gasteiger partial charge is 0.247 e. The van der Waals surface area contributed by atoms with Crippen molar-refractivity contribution in [3.05, 3.63) is 32.9 Å². The number of halogens is 1. The lowest BCUT2D eigenvalue weighted by molar-refractivity contribution is -0.145. The topological polar surface area (TPSA) is 147 Å². The third-order valence-corrected chi connectivity index (χ3v) is 8.13. The number of carbonyl (C=O) groups is 2. The third kappa shape index (κ3) is 7.22. The van der Waals surface area contributed by atoms with Gasteiger partial charge in [-0.25, -0.2) is 0 Å². The van der Waals surface area contributed by atoms with Crippen LogP contribution in [0, 0.1) is 9.49 Å². The highest BCUT2D eigenvalue weighted by atomic mass is 127. The second-order valence-electron chi connectivity index (χ2n) is 9.97. The molecule has 2 fully saturated rings. The van der Waals surface area contributed by atoms with Crippen LogP contribution in [-0.2, 0) is 25.7 Å². The zero-order chi connectivity index (χ0) is 27.9. The molecule has 2 heterocycles. The molecule has 39 heavy (non-hydrogen) atoms. The highest BCUT2D eigenvalue weighted by Gasteiger charge is 2.43. The Morgan fingerprint density at radius 2 is 2.05 bits per heavy atom. The van der Waals surface area contributed by atoms with E-state index < -0.39 is 24.2 Å². The monoisotopic (exact) mass is 660 g/mol. The van der Waals surface area contributed by atoms with Gasteiger partial charge in [0.05, 0.1) is 48.6 Å². The molecule has 1 aromatic rings. The summed E-state index contributed by atoms with van der Waals surface area (Å²) in [5, 5.41) is 33.1. The number of hydrogen-bond acceptors (Lipinski definition) is 9. The van der Waals surface area contributed by atoms with Crippen molar-refractivity contribution in [3.63, 3.8) is 0 Å². The van der Waals surface area contributed by atoms with E-state index in [1.807, 2.05) is 0 Å². The highest BCUT2D eigenvalue weighted by molar-refractivity contribution is 14.1. The van der Waals surface area contributed by atoms with Gasteiger partial charge in [0.25, 0.3) is 0 Å². The Morgan fingerprint density at radius 3 is 2.69 bits per heavy atom. The first-order valence-corrected chi connectivity index (χ1v) is 14.4. The Kier molecular flexibility index (Phi) is 10.8. The van der Waals surface area contributed by atoms with Crippen molar-refractivity contribution in [2.75, 3.05) is 46.6 Å². The first kappa shape index (κ1) is 30.0. The molecule has 3 aliphatic rings. The average Bonchev–Trinajstić information content (AvgIpc) is 3.67. The Labute approximate surface area is 241 Å². The van der Waals surface area contributed by atoms with Crippen LogP contribution in [0.1, 0.15) is 31.2 Å². The van der Waals surface area contributed by atoms with Gasteiger partial charge in [0.15, 0.2) is 11.5 Å². The Balaban J connectivity index is 1.68. The molecule has 0 spiro atoms. The van der Waals surface area contributed by atoms with Gasteiger partial charge in [0, 0.05) is 38.3 Å². The molecular weight excluding hydrogens is 623 g/mol. The largest absolute Gasteiger partial charge is 0.493 e. The van der Waals surface area contributed by atoms with Gasteiger partial charge in [-0.2, -0.15) is 0 Å². The van der Waals surface area contributed by atoms with E-state index in [0.29, 0.717) is 59.0 Å². The maximum Gasteiger partial charge on any atom is 0.247 e. The van der Waals surface area contributed by atoms with Gasteiger partial charge in [-0.3, -0.25) is 9.59 Å². The van der Waals surface area contributed by atoms with E-state index in [1.165, 1.54) is 7.11 Å². The van der Waals surface area contributed by atoms with Crippen LogP contribution in [0.2, 0.25) is 0 Å². The molecule has 1 aliphatic carbocycles. The third-order valence-electron chi connectivity index (χ3n) is 7.33. The summed E-state index contributed by atoms with van der Waals surface area (Å²) in [6, 6.07) is 2.64. The molecule has 0 saturated carbocycles. The van der Waals surface area contributed by atoms with Crippen molar-refractivity contribution < 1.29 is 43.9 Å². The fourth-order valence-corrected chi connectivity index (χ4v) is 6.05. The zero-order valence-corrected chi connectivity index (χ0v) is 24.2. The number of hydrogen-bond donors (Lipinski definition) is 4. The minimum Gasteiger partial charge on any atom is -0.493 e. The minimum atomic E-state index is -1.16. The van der Waals surface area contributed by atoms with Gasteiger partial charge < -0.3 is 44.5 Å². The molecule has 1 aromatic carbocycles. The quantitative estimate of drug-likeness (QED) is 0.253. The number of benzene rings is 1. The van der Waals surface area contributed by atoms with Crippen molar-refractivity contribution in [1.29, 1.82) is 0 Å². The van der Waals surface area contributed by atoms with E-state index in [2.05, 4.69) is 27.9 Å². The Hall–Kier alpha value is -1.97. The van der Waals surface area contributed by atoms with Crippen LogP contribution in [0.5, 0.6) is 11.5 Å². The zero-order valence-electron chi connectivity index (χ0n) is 22.0. The number of carbonyl (C=O) groups excluding carboxylic acids is 2. The molecule has 2 aliphatic heterocycles. The molecule has 4 N–H and O–H groups in total. The number of nitrogens with zero attached hydrogens (tertiary/aromatic N) is 1.